The molecule has 0 saturated heterocycles. The first-order chi connectivity index (χ1) is 16.2. The van der Waals surface area contributed by atoms with Gasteiger partial charge in [0, 0.05) is 37.3 Å². The summed E-state index contributed by atoms with van der Waals surface area (Å²) in [6.07, 6.45) is 3.09. The maximum absolute atomic E-state index is 12.6. The second-order valence-corrected chi connectivity index (χ2v) is 9.88. The monoisotopic (exact) mass is 481 g/mol. The smallest absolute Gasteiger partial charge is 0.299 e. The summed E-state index contributed by atoms with van der Waals surface area (Å²) in [5.41, 5.74) is 4.26. The lowest BCUT2D eigenvalue weighted by Gasteiger charge is -2.27. The number of aryl methyl sites for hydroxylation is 1. The molecule has 0 radical (unpaired) electrons. The van der Waals surface area contributed by atoms with E-state index in [9.17, 15) is 18.9 Å². The molecule has 2 atom stereocenters. The Hall–Kier alpha value is -3.40. The first-order valence-corrected chi connectivity index (χ1v) is 12.2. The van der Waals surface area contributed by atoms with Crippen LogP contribution >= 0.6 is 0 Å². The fraction of sp³-hybridized carbons (Fsp3) is 0.240. The third-order valence-electron chi connectivity index (χ3n) is 5.82. The van der Waals surface area contributed by atoms with Crippen LogP contribution in [0.25, 0.3) is 11.1 Å². The van der Waals surface area contributed by atoms with Gasteiger partial charge in [-0.3, -0.25) is 19.6 Å². The molecular weight excluding hydrogens is 454 g/mol. The van der Waals surface area contributed by atoms with Gasteiger partial charge in [-0.05, 0) is 53.0 Å². The standard InChI is InChI=1S/C25H27N3O5S/c1-25(34(2)33,24(31)27-32)13-15-28-14-12-21(16-22(28)29)19-8-10-20(11-9-19)23(30)26-17-18-6-4-3-5-7-18/h3-12,14,16,32H,13,15,17H2,1-2H3,(H,26,30)(H,27,31). The van der Waals surface area contributed by atoms with Crippen LogP contribution in [-0.4, -0.2) is 37.1 Å². The number of nitrogens with zero attached hydrogens (tertiary/aromatic N) is 1. The Kier molecular flexibility index (Phi) is 8.27. The van der Waals surface area contributed by atoms with Crippen LogP contribution in [0.15, 0.2) is 77.7 Å². The van der Waals surface area contributed by atoms with Crippen LogP contribution in [0, 0.1) is 0 Å². The Morgan fingerprint density at radius 1 is 1.06 bits per heavy atom. The van der Waals surface area contributed by atoms with Gasteiger partial charge in [-0.1, -0.05) is 42.5 Å². The molecule has 34 heavy (non-hydrogen) atoms. The van der Waals surface area contributed by atoms with Crippen molar-refractivity contribution in [3.63, 3.8) is 0 Å². The predicted octanol–water partition coefficient (Wildman–Crippen LogP) is 2.48. The predicted molar refractivity (Wildman–Crippen MR) is 131 cm³/mol. The molecule has 2 aromatic carbocycles. The first kappa shape index (κ1) is 25.2. The van der Waals surface area contributed by atoms with Crippen molar-refractivity contribution < 1.29 is 19.3 Å². The van der Waals surface area contributed by atoms with Crippen molar-refractivity contribution in [2.45, 2.75) is 31.2 Å². The summed E-state index contributed by atoms with van der Waals surface area (Å²) in [6, 6.07) is 19.8. The van der Waals surface area contributed by atoms with E-state index in [0.717, 1.165) is 11.1 Å². The van der Waals surface area contributed by atoms with Crippen molar-refractivity contribution in [2.75, 3.05) is 6.26 Å². The molecular formula is C25H27N3O5S. The number of hydrogen-bond acceptors (Lipinski definition) is 5. The van der Waals surface area contributed by atoms with Gasteiger partial charge in [0.25, 0.3) is 17.4 Å². The number of carbonyl (C=O) groups is 2. The minimum atomic E-state index is -1.55. The molecule has 3 aromatic rings. The van der Waals surface area contributed by atoms with Crippen molar-refractivity contribution in [2.24, 2.45) is 0 Å². The lowest BCUT2D eigenvalue weighted by Crippen LogP contribution is -2.49. The fourth-order valence-electron chi connectivity index (χ4n) is 3.41. The molecule has 0 fully saturated rings. The van der Waals surface area contributed by atoms with Gasteiger partial charge in [-0.15, -0.1) is 0 Å². The van der Waals surface area contributed by atoms with E-state index in [2.05, 4.69) is 5.32 Å². The number of hydroxylamine groups is 1. The molecule has 0 aliphatic rings. The lowest BCUT2D eigenvalue weighted by molar-refractivity contribution is -0.131. The third kappa shape index (κ3) is 5.93. The van der Waals surface area contributed by atoms with E-state index in [1.807, 2.05) is 30.3 Å². The maximum Gasteiger partial charge on any atom is 0.299 e. The highest BCUT2D eigenvalue weighted by Gasteiger charge is 2.42. The van der Waals surface area contributed by atoms with E-state index in [0.29, 0.717) is 17.7 Å². The summed E-state index contributed by atoms with van der Waals surface area (Å²) in [7, 11) is 0. The zero-order valence-electron chi connectivity index (χ0n) is 19.0. The van der Waals surface area contributed by atoms with Crippen LogP contribution in [0.1, 0.15) is 29.3 Å². The van der Waals surface area contributed by atoms with E-state index in [-0.39, 0.29) is 24.4 Å². The van der Waals surface area contributed by atoms with Gasteiger partial charge in [0.15, 0.2) is 0 Å². The molecule has 0 bridgehead atoms. The highest BCUT2D eigenvalue weighted by atomic mass is 32.2. The van der Waals surface area contributed by atoms with Crippen molar-refractivity contribution in [1.29, 1.82) is 0 Å². The van der Waals surface area contributed by atoms with Crippen molar-refractivity contribution >= 4 is 23.0 Å². The van der Waals surface area contributed by atoms with Gasteiger partial charge in [0.2, 0.25) is 4.75 Å². The van der Waals surface area contributed by atoms with Crippen molar-refractivity contribution in [3.8, 4) is 11.1 Å². The molecule has 1 heterocycles. The first-order valence-electron chi connectivity index (χ1n) is 10.7. The van der Waals surface area contributed by atoms with Gasteiger partial charge in [-0.25, -0.2) is 5.48 Å². The zero-order chi connectivity index (χ0) is 24.7. The minimum Gasteiger partial charge on any atom is -0.616 e. The molecule has 3 N–H and O–H groups in total. The van der Waals surface area contributed by atoms with E-state index in [4.69, 9.17) is 5.21 Å². The Morgan fingerprint density at radius 3 is 2.32 bits per heavy atom. The second-order valence-electron chi connectivity index (χ2n) is 8.07. The molecule has 2 amide bonds. The third-order valence-corrected chi connectivity index (χ3v) is 7.48. The quantitative estimate of drug-likeness (QED) is 0.246. The van der Waals surface area contributed by atoms with Crippen molar-refractivity contribution in [1.82, 2.24) is 15.4 Å². The average Bonchev–Trinajstić information content (AvgIpc) is 2.86. The summed E-state index contributed by atoms with van der Waals surface area (Å²) in [5, 5.41) is 11.8. The molecule has 178 valence electrons. The molecule has 0 aliphatic carbocycles. The van der Waals surface area contributed by atoms with Crippen LogP contribution in [0.5, 0.6) is 0 Å². The normalized spacial score (nSPS) is 13.5. The molecule has 1 aromatic heterocycles. The summed E-state index contributed by atoms with van der Waals surface area (Å²) < 4.78 is 12.1. The number of benzene rings is 2. The number of pyridine rings is 1. The van der Waals surface area contributed by atoms with Gasteiger partial charge in [0.1, 0.15) is 0 Å². The maximum atomic E-state index is 12.6. The van der Waals surface area contributed by atoms with Crippen LogP contribution in [0.2, 0.25) is 0 Å². The van der Waals surface area contributed by atoms with Gasteiger partial charge >= 0.3 is 0 Å². The topological polar surface area (TPSA) is 123 Å². The average molecular weight is 482 g/mol. The van der Waals surface area contributed by atoms with Gasteiger partial charge in [0.05, 0.1) is 6.26 Å². The van der Waals surface area contributed by atoms with Crippen LogP contribution in [-0.2, 0) is 29.1 Å². The molecule has 9 heteroatoms. The molecule has 0 aliphatic heterocycles. The Morgan fingerprint density at radius 2 is 1.74 bits per heavy atom. The van der Waals surface area contributed by atoms with Crippen LogP contribution < -0.4 is 16.4 Å². The number of carbonyl (C=O) groups excluding carboxylic acids is 2. The number of aromatic nitrogens is 1. The molecule has 0 spiro atoms. The molecule has 3 rings (SSSR count). The van der Waals surface area contributed by atoms with Crippen LogP contribution in [0.4, 0.5) is 0 Å². The molecule has 2 unspecified atom stereocenters. The minimum absolute atomic E-state index is 0.106. The van der Waals surface area contributed by atoms with Gasteiger partial charge < -0.3 is 14.4 Å². The van der Waals surface area contributed by atoms with E-state index in [1.54, 1.807) is 42.0 Å². The number of hydrogen-bond donors (Lipinski definition) is 3. The Balaban J connectivity index is 1.66. The fourth-order valence-corrected chi connectivity index (χ4v) is 4.09. The summed E-state index contributed by atoms with van der Waals surface area (Å²) in [4.78, 5) is 37.0. The zero-order valence-corrected chi connectivity index (χ0v) is 19.8. The highest BCUT2D eigenvalue weighted by molar-refractivity contribution is 7.92. The number of amides is 2. The van der Waals surface area contributed by atoms with Crippen LogP contribution in [0.3, 0.4) is 0 Å². The highest BCUT2D eigenvalue weighted by Crippen LogP contribution is 2.23. The Labute approximate surface area is 200 Å². The molecule has 8 nitrogen and oxygen atoms in total. The van der Waals surface area contributed by atoms with E-state index < -0.39 is 21.8 Å². The lowest BCUT2D eigenvalue weighted by atomic mass is 10.0. The van der Waals surface area contributed by atoms with E-state index >= 15 is 0 Å². The number of nitrogens with one attached hydrogen (secondary N) is 2. The van der Waals surface area contributed by atoms with Gasteiger partial charge in [-0.2, -0.15) is 0 Å². The largest absolute Gasteiger partial charge is 0.616 e. The molecule has 0 saturated carbocycles. The van der Waals surface area contributed by atoms with E-state index in [1.165, 1.54) is 23.8 Å². The van der Waals surface area contributed by atoms with Crippen molar-refractivity contribution in [3.05, 3.63) is 94.4 Å². The number of rotatable bonds is 9. The SMILES string of the molecule is C[S+]([O-])C(C)(CCn1ccc(-c2ccc(C(=O)NCc3ccccc3)cc2)cc1=O)C(=O)NO. The summed E-state index contributed by atoms with van der Waals surface area (Å²) >= 11 is -1.55. The Bertz CT molecular complexity index is 1200. The second kappa shape index (κ2) is 11.1. The summed E-state index contributed by atoms with van der Waals surface area (Å²) in [5.74, 6) is -0.944. The summed E-state index contributed by atoms with van der Waals surface area (Å²) in [6.45, 7) is 2.07.